The maximum Gasteiger partial charge on any atom is 0.338 e. The summed E-state index contributed by atoms with van der Waals surface area (Å²) in [6.45, 7) is 2.12. The molecular formula is C15H20N2O2. The average molecular weight is 260 g/mol. The van der Waals surface area contributed by atoms with Crippen LogP contribution in [0.2, 0.25) is 0 Å². The molecule has 0 heterocycles. The quantitative estimate of drug-likeness (QED) is 0.626. The van der Waals surface area contributed by atoms with Gasteiger partial charge in [-0.05, 0) is 38.0 Å². The van der Waals surface area contributed by atoms with E-state index in [1.165, 1.54) is 19.3 Å². The van der Waals surface area contributed by atoms with Crippen LogP contribution in [0.1, 0.15) is 39.0 Å². The number of aliphatic imine (C=N–C) groups is 1. The number of hydrogen-bond donors (Lipinski definition) is 1. The molecule has 4 heteroatoms. The first-order chi connectivity index (χ1) is 9.20. The molecule has 0 unspecified atom stereocenters. The zero-order chi connectivity index (χ0) is 13.7. The smallest absolute Gasteiger partial charge is 0.338 e. The van der Waals surface area contributed by atoms with Gasteiger partial charge in [0.15, 0.2) is 0 Å². The Bertz CT molecular complexity index is 455. The molecular weight excluding hydrogens is 240 g/mol. The predicted octanol–water partition coefficient (Wildman–Crippen LogP) is 2.84. The highest BCUT2D eigenvalue weighted by Gasteiger charge is 2.17. The summed E-state index contributed by atoms with van der Waals surface area (Å²) in [4.78, 5) is 16.2. The topological polar surface area (TPSA) is 62.5 Å². The molecule has 0 amide bonds. The molecule has 1 saturated carbocycles. The lowest BCUT2D eigenvalue weighted by molar-refractivity contribution is -0.138. The fraction of sp³-hybridized carbons (Fsp3) is 0.533. The van der Waals surface area contributed by atoms with Gasteiger partial charge in [0.1, 0.15) is 0 Å². The molecule has 0 bridgehead atoms. The molecule has 2 aliphatic carbocycles. The van der Waals surface area contributed by atoms with E-state index < -0.39 is 0 Å². The van der Waals surface area contributed by atoms with Gasteiger partial charge >= 0.3 is 5.97 Å². The van der Waals surface area contributed by atoms with Crippen LogP contribution in [0.3, 0.4) is 0 Å². The van der Waals surface area contributed by atoms with Crippen LogP contribution in [-0.2, 0) is 9.53 Å². The van der Waals surface area contributed by atoms with E-state index >= 15 is 0 Å². The lowest BCUT2D eigenvalue weighted by atomic mass is 9.95. The number of carbonyl (C=O) groups is 1. The molecule has 4 nitrogen and oxygen atoms in total. The third-order valence-electron chi connectivity index (χ3n) is 3.40. The van der Waals surface area contributed by atoms with Gasteiger partial charge in [-0.25, -0.2) is 4.79 Å². The number of nitrogens with one attached hydrogen (secondary N) is 1. The van der Waals surface area contributed by atoms with E-state index in [1.54, 1.807) is 25.2 Å². The van der Waals surface area contributed by atoms with E-state index in [0.717, 1.165) is 12.8 Å². The Morgan fingerprint density at radius 1 is 1.37 bits per heavy atom. The van der Waals surface area contributed by atoms with Crippen LogP contribution in [0.4, 0.5) is 0 Å². The molecule has 0 spiro atoms. The maximum atomic E-state index is 11.6. The van der Waals surface area contributed by atoms with Crippen molar-refractivity contribution < 1.29 is 9.53 Å². The summed E-state index contributed by atoms with van der Waals surface area (Å²) in [5, 5.41) is 7.95. The van der Waals surface area contributed by atoms with Gasteiger partial charge in [0, 0.05) is 0 Å². The van der Waals surface area contributed by atoms with Gasteiger partial charge in [0.25, 0.3) is 0 Å². The van der Waals surface area contributed by atoms with Crippen LogP contribution in [0.25, 0.3) is 0 Å². The fourth-order valence-electron chi connectivity index (χ4n) is 2.40. The molecule has 0 aromatic heterocycles. The first-order valence-electron chi connectivity index (χ1n) is 6.94. The average Bonchev–Trinajstić information content (AvgIpc) is 2.42. The van der Waals surface area contributed by atoms with Crippen LogP contribution in [-0.4, -0.2) is 30.0 Å². The molecule has 1 fully saturated rings. The molecule has 102 valence electrons. The van der Waals surface area contributed by atoms with Gasteiger partial charge in [-0.2, -0.15) is 0 Å². The molecule has 0 radical (unpaired) electrons. The highest BCUT2D eigenvalue weighted by molar-refractivity contribution is 6.50. The summed E-state index contributed by atoms with van der Waals surface area (Å²) in [6, 6.07) is 0.339. The van der Waals surface area contributed by atoms with Crippen LogP contribution < -0.4 is 0 Å². The standard InChI is InChI=1S/C15H20N2O2/c1-2-19-15(18)11-8-9-14(13(16)10-11)17-12-6-4-3-5-7-12/h8-10,12,16H,2-7H2,1H3/b16-13?,17-14+. The van der Waals surface area contributed by atoms with Gasteiger partial charge in [-0.15, -0.1) is 0 Å². The molecule has 0 saturated heterocycles. The van der Waals surface area contributed by atoms with Crippen molar-refractivity contribution in [3.05, 3.63) is 23.8 Å². The van der Waals surface area contributed by atoms with E-state index in [0.29, 0.717) is 29.6 Å². The Morgan fingerprint density at radius 3 is 2.74 bits per heavy atom. The van der Waals surface area contributed by atoms with Gasteiger partial charge in [-0.1, -0.05) is 19.3 Å². The van der Waals surface area contributed by atoms with Gasteiger partial charge in [-0.3, -0.25) is 10.4 Å². The largest absolute Gasteiger partial charge is 0.462 e. The van der Waals surface area contributed by atoms with E-state index in [1.807, 2.05) is 0 Å². The highest BCUT2D eigenvalue weighted by Crippen LogP contribution is 2.21. The van der Waals surface area contributed by atoms with Crippen molar-refractivity contribution in [3.63, 3.8) is 0 Å². The third-order valence-corrected chi connectivity index (χ3v) is 3.40. The minimum atomic E-state index is -0.375. The minimum Gasteiger partial charge on any atom is -0.462 e. The molecule has 0 aromatic rings. The monoisotopic (exact) mass is 260 g/mol. The number of carbonyl (C=O) groups excluding carboxylic acids is 1. The van der Waals surface area contributed by atoms with Crippen LogP contribution in [0.5, 0.6) is 0 Å². The normalized spacial score (nSPS) is 22.5. The number of hydrogen-bond acceptors (Lipinski definition) is 4. The predicted molar refractivity (Wildman–Crippen MR) is 75.9 cm³/mol. The van der Waals surface area contributed by atoms with E-state index in [2.05, 4.69) is 4.99 Å². The van der Waals surface area contributed by atoms with E-state index in [4.69, 9.17) is 10.1 Å². The van der Waals surface area contributed by atoms with Crippen molar-refractivity contribution in [3.8, 4) is 0 Å². The first-order valence-corrected chi connectivity index (χ1v) is 6.94. The molecule has 2 rings (SSSR count). The lowest BCUT2D eigenvalue weighted by Gasteiger charge is -2.19. The molecule has 0 atom stereocenters. The Balaban J connectivity index is 2.04. The second-order valence-electron chi connectivity index (χ2n) is 4.87. The summed E-state index contributed by atoms with van der Waals surface area (Å²) >= 11 is 0. The molecule has 0 aliphatic heterocycles. The number of nitrogens with zero attached hydrogens (tertiary/aromatic N) is 1. The lowest BCUT2D eigenvalue weighted by Crippen LogP contribution is -2.20. The second kappa shape index (κ2) is 6.45. The fourth-order valence-corrected chi connectivity index (χ4v) is 2.40. The molecule has 2 aliphatic rings. The number of allylic oxidation sites excluding steroid dienone is 2. The third kappa shape index (κ3) is 3.63. The molecule has 19 heavy (non-hydrogen) atoms. The highest BCUT2D eigenvalue weighted by atomic mass is 16.5. The zero-order valence-corrected chi connectivity index (χ0v) is 11.3. The number of esters is 1. The van der Waals surface area contributed by atoms with Gasteiger partial charge < -0.3 is 4.74 Å². The molecule has 1 N–H and O–H groups in total. The van der Waals surface area contributed by atoms with Crippen molar-refractivity contribution in [2.45, 2.75) is 45.1 Å². The maximum absolute atomic E-state index is 11.6. The van der Waals surface area contributed by atoms with Crippen LogP contribution in [0.15, 0.2) is 28.8 Å². The SMILES string of the molecule is CCOC(=O)C1=CC(=N)/C(=N/C2CCCCC2)C=C1. The minimum absolute atomic E-state index is 0.302. The summed E-state index contributed by atoms with van der Waals surface area (Å²) in [7, 11) is 0. The Labute approximate surface area is 113 Å². The first kappa shape index (κ1) is 13.7. The van der Waals surface area contributed by atoms with Crippen molar-refractivity contribution in [1.82, 2.24) is 0 Å². The Morgan fingerprint density at radius 2 is 2.11 bits per heavy atom. The summed E-state index contributed by atoms with van der Waals surface area (Å²) in [5.41, 5.74) is 1.41. The molecule has 0 aromatic carbocycles. The van der Waals surface area contributed by atoms with Crippen LogP contribution >= 0.6 is 0 Å². The second-order valence-corrected chi connectivity index (χ2v) is 4.87. The number of ether oxygens (including phenoxy) is 1. The van der Waals surface area contributed by atoms with Crippen molar-refractivity contribution in [1.29, 1.82) is 5.41 Å². The van der Waals surface area contributed by atoms with Crippen molar-refractivity contribution in [2.24, 2.45) is 4.99 Å². The number of rotatable bonds is 3. The van der Waals surface area contributed by atoms with E-state index in [-0.39, 0.29) is 5.97 Å². The van der Waals surface area contributed by atoms with Crippen LogP contribution in [0, 0.1) is 5.41 Å². The zero-order valence-electron chi connectivity index (χ0n) is 11.3. The van der Waals surface area contributed by atoms with Gasteiger partial charge in [0.05, 0.1) is 29.6 Å². The Hall–Kier alpha value is -1.71. The summed E-state index contributed by atoms with van der Waals surface area (Å²) < 4.78 is 4.92. The van der Waals surface area contributed by atoms with Gasteiger partial charge in [0.2, 0.25) is 0 Å². The van der Waals surface area contributed by atoms with Crippen molar-refractivity contribution in [2.75, 3.05) is 6.61 Å². The van der Waals surface area contributed by atoms with Crippen molar-refractivity contribution >= 4 is 17.4 Å². The summed E-state index contributed by atoms with van der Waals surface area (Å²) in [6.07, 6.45) is 10.9. The Kier molecular flexibility index (Phi) is 4.66. The van der Waals surface area contributed by atoms with E-state index in [9.17, 15) is 4.79 Å². The summed E-state index contributed by atoms with van der Waals surface area (Å²) in [5.74, 6) is -0.375.